The van der Waals surface area contributed by atoms with Gasteiger partial charge in [-0.2, -0.15) is 0 Å². The summed E-state index contributed by atoms with van der Waals surface area (Å²) < 4.78 is 5.73. The lowest BCUT2D eigenvalue weighted by Crippen LogP contribution is -2.17. The molecule has 0 saturated carbocycles. The third kappa shape index (κ3) is 3.82. The van der Waals surface area contributed by atoms with Gasteiger partial charge in [-0.1, -0.05) is 12.1 Å². The monoisotopic (exact) mass is 262 g/mol. The first-order chi connectivity index (χ1) is 8.63. The van der Waals surface area contributed by atoms with Gasteiger partial charge < -0.3 is 10.5 Å². The lowest BCUT2D eigenvalue weighted by Gasteiger charge is -2.08. The van der Waals surface area contributed by atoms with Gasteiger partial charge in [-0.3, -0.25) is 0 Å². The Bertz CT molecular complexity index is 508. The zero-order valence-corrected chi connectivity index (χ0v) is 11.5. The first kappa shape index (κ1) is 13.1. The molecule has 0 spiro atoms. The van der Waals surface area contributed by atoms with Crippen LogP contribution >= 0.6 is 11.3 Å². The quantitative estimate of drug-likeness (QED) is 0.901. The predicted molar refractivity (Wildman–Crippen MR) is 75.0 cm³/mol. The highest BCUT2D eigenvalue weighted by Crippen LogP contribution is 2.17. The van der Waals surface area contributed by atoms with Crippen LogP contribution in [-0.2, 0) is 13.0 Å². The van der Waals surface area contributed by atoms with Gasteiger partial charge in [-0.05, 0) is 38.0 Å². The Kier molecular flexibility index (Phi) is 4.33. The Hall–Kier alpha value is -1.39. The summed E-state index contributed by atoms with van der Waals surface area (Å²) in [5, 5.41) is 3.10. The lowest BCUT2D eigenvalue weighted by atomic mass is 10.1. The average Bonchev–Trinajstić information content (AvgIpc) is 2.72. The van der Waals surface area contributed by atoms with Crippen LogP contribution in [0.25, 0.3) is 0 Å². The molecule has 0 aliphatic heterocycles. The molecule has 4 heteroatoms. The van der Waals surface area contributed by atoms with Crippen molar-refractivity contribution in [2.75, 3.05) is 0 Å². The van der Waals surface area contributed by atoms with E-state index in [1.807, 2.05) is 37.4 Å². The highest BCUT2D eigenvalue weighted by molar-refractivity contribution is 7.09. The van der Waals surface area contributed by atoms with Crippen LogP contribution in [0.15, 0.2) is 29.6 Å². The molecule has 18 heavy (non-hydrogen) atoms. The van der Waals surface area contributed by atoms with Gasteiger partial charge in [0.25, 0.3) is 0 Å². The van der Waals surface area contributed by atoms with Gasteiger partial charge in [0.15, 0.2) is 0 Å². The second-order valence-electron chi connectivity index (χ2n) is 4.48. The largest absolute Gasteiger partial charge is 0.487 e. The Balaban J connectivity index is 1.96. The average molecular weight is 262 g/mol. The first-order valence-electron chi connectivity index (χ1n) is 6.02. The standard InChI is InChI=1S/C14H18N2OS/c1-10(15)6-12-4-3-5-14(7-12)17-8-13-9-18-11(2)16-13/h3-5,7,9-10H,6,8,15H2,1-2H3. The number of hydrogen-bond donors (Lipinski definition) is 1. The number of thiazole rings is 1. The number of ether oxygens (including phenoxy) is 1. The van der Waals surface area contributed by atoms with E-state index in [2.05, 4.69) is 11.1 Å². The van der Waals surface area contributed by atoms with E-state index in [-0.39, 0.29) is 6.04 Å². The van der Waals surface area contributed by atoms with E-state index in [0.29, 0.717) is 6.61 Å². The minimum absolute atomic E-state index is 0.168. The van der Waals surface area contributed by atoms with E-state index in [1.165, 1.54) is 5.56 Å². The molecule has 1 aromatic carbocycles. The van der Waals surface area contributed by atoms with E-state index in [0.717, 1.165) is 22.9 Å². The summed E-state index contributed by atoms with van der Waals surface area (Å²) >= 11 is 1.64. The van der Waals surface area contributed by atoms with Crippen LogP contribution in [0.1, 0.15) is 23.2 Å². The zero-order chi connectivity index (χ0) is 13.0. The van der Waals surface area contributed by atoms with Gasteiger partial charge in [0.1, 0.15) is 12.4 Å². The molecule has 2 aromatic rings. The first-order valence-corrected chi connectivity index (χ1v) is 6.90. The summed E-state index contributed by atoms with van der Waals surface area (Å²) in [5.74, 6) is 0.874. The van der Waals surface area contributed by atoms with Crippen molar-refractivity contribution in [3.05, 3.63) is 45.9 Å². The molecular weight excluding hydrogens is 244 g/mol. The van der Waals surface area contributed by atoms with Gasteiger partial charge in [0, 0.05) is 11.4 Å². The van der Waals surface area contributed by atoms with Crippen molar-refractivity contribution >= 4 is 11.3 Å². The highest BCUT2D eigenvalue weighted by Gasteiger charge is 2.02. The lowest BCUT2D eigenvalue weighted by molar-refractivity contribution is 0.301. The number of aryl methyl sites for hydroxylation is 1. The van der Waals surface area contributed by atoms with Crippen LogP contribution in [0.3, 0.4) is 0 Å². The van der Waals surface area contributed by atoms with E-state index >= 15 is 0 Å². The second kappa shape index (κ2) is 5.98. The number of aromatic nitrogens is 1. The van der Waals surface area contributed by atoms with Crippen LogP contribution < -0.4 is 10.5 Å². The smallest absolute Gasteiger partial charge is 0.131 e. The van der Waals surface area contributed by atoms with Gasteiger partial charge in [-0.15, -0.1) is 11.3 Å². The topological polar surface area (TPSA) is 48.1 Å². The van der Waals surface area contributed by atoms with Crippen molar-refractivity contribution in [3.63, 3.8) is 0 Å². The van der Waals surface area contributed by atoms with Crippen LogP contribution in [0, 0.1) is 6.92 Å². The molecule has 96 valence electrons. The van der Waals surface area contributed by atoms with Gasteiger partial charge in [0.2, 0.25) is 0 Å². The van der Waals surface area contributed by atoms with Crippen molar-refractivity contribution in [2.45, 2.75) is 32.9 Å². The molecule has 1 heterocycles. The molecule has 1 aromatic heterocycles. The predicted octanol–water partition coefficient (Wildman–Crippen LogP) is 2.92. The van der Waals surface area contributed by atoms with Crippen molar-refractivity contribution in [3.8, 4) is 5.75 Å². The highest BCUT2D eigenvalue weighted by atomic mass is 32.1. The van der Waals surface area contributed by atoms with E-state index in [9.17, 15) is 0 Å². The van der Waals surface area contributed by atoms with Gasteiger partial charge in [-0.25, -0.2) is 4.98 Å². The fourth-order valence-electron chi connectivity index (χ4n) is 1.77. The third-order valence-electron chi connectivity index (χ3n) is 2.51. The fraction of sp³-hybridized carbons (Fsp3) is 0.357. The van der Waals surface area contributed by atoms with Crippen LogP contribution in [0.2, 0.25) is 0 Å². The number of nitrogens with two attached hydrogens (primary N) is 1. The molecular formula is C14H18N2OS. The summed E-state index contributed by atoms with van der Waals surface area (Å²) in [6.45, 7) is 4.52. The molecule has 3 nitrogen and oxygen atoms in total. The van der Waals surface area contributed by atoms with E-state index < -0.39 is 0 Å². The van der Waals surface area contributed by atoms with Crippen LogP contribution in [0.5, 0.6) is 5.75 Å². The summed E-state index contributed by atoms with van der Waals surface area (Å²) in [5.41, 5.74) is 7.98. The Morgan fingerprint density at radius 1 is 1.44 bits per heavy atom. The zero-order valence-electron chi connectivity index (χ0n) is 10.7. The number of hydrogen-bond acceptors (Lipinski definition) is 4. The minimum Gasteiger partial charge on any atom is -0.487 e. The maximum Gasteiger partial charge on any atom is 0.131 e. The van der Waals surface area contributed by atoms with Crippen LogP contribution in [0.4, 0.5) is 0 Å². The summed E-state index contributed by atoms with van der Waals surface area (Å²) in [6, 6.07) is 8.25. The molecule has 0 aliphatic rings. The molecule has 0 saturated heterocycles. The SMILES string of the molecule is Cc1nc(COc2cccc(CC(C)N)c2)cs1. The third-order valence-corrected chi connectivity index (χ3v) is 3.33. The Morgan fingerprint density at radius 2 is 2.28 bits per heavy atom. The summed E-state index contributed by atoms with van der Waals surface area (Å²) in [7, 11) is 0. The number of nitrogens with zero attached hydrogens (tertiary/aromatic N) is 1. The van der Waals surface area contributed by atoms with Gasteiger partial charge in [0.05, 0.1) is 10.7 Å². The number of benzene rings is 1. The molecule has 2 N–H and O–H groups in total. The van der Waals surface area contributed by atoms with Crippen molar-refractivity contribution in [1.29, 1.82) is 0 Å². The van der Waals surface area contributed by atoms with Crippen molar-refractivity contribution in [2.24, 2.45) is 5.73 Å². The maximum absolute atomic E-state index is 5.79. The Labute approximate surface area is 112 Å². The molecule has 0 fully saturated rings. The second-order valence-corrected chi connectivity index (χ2v) is 5.54. The van der Waals surface area contributed by atoms with Crippen molar-refractivity contribution in [1.82, 2.24) is 4.98 Å². The molecule has 0 radical (unpaired) electrons. The summed E-state index contributed by atoms with van der Waals surface area (Å²) in [4.78, 5) is 4.37. The Morgan fingerprint density at radius 3 is 2.94 bits per heavy atom. The molecule has 0 amide bonds. The fourth-order valence-corrected chi connectivity index (χ4v) is 2.36. The maximum atomic E-state index is 5.79. The molecule has 1 unspecified atom stereocenters. The van der Waals surface area contributed by atoms with Crippen molar-refractivity contribution < 1.29 is 4.74 Å². The number of rotatable bonds is 5. The minimum atomic E-state index is 0.168. The summed E-state index contributed by atoms with van der Waals surface area (Å²) in [6.07, 6.45) is 0.868. The molecule has 0 bridgehead atoms. The van der Waals surface area contributed by atoms with Gasteiger partial charge >= 0.3 is 0 Å². The van der Waals surface area contributed by atoms with E-state index in [4.69, 9.17) is 10.5 Å². The molecule has 0 aliphatic carbocycles. The van der Waals surface area contributed by atoms with Crippen LogP contribution in [-0.4, -0.2) is 11.0 Å². The van der Waals surface area contributed by atoms with E-state index in [1.54, 1.807) is 11.3 Å². The molecule has 1 atom stereocenters. The normalized spacial score (nSPS) is 12.4. The molecule has 2 rings (SSSR count).